The van der Waals surface area contributed by atoms with Crippen LogP contribution >= 0.6 is 27.5 Å². The molecule has 0 saturated carbocycles. The Labute approximate surface area is 133 Å². The molecular weight excluding hydrogens is 362 g/mol. The molecular formula is C14H9BrClNO4. The predicted molar refractivity (Wildman–Crippen MR) is 82.3 cm³/mol. The van der Waals surface area contributed by atoms with Crippen LogP contribution in [0.15, 0.2) is 40.9 Å². The van der Waals surface area contributed by atoms with E-state index in [0.717, 1.165) is 0 Å². The molecule has 2 aromatic rings. The third-order valence-corrected chi connectivity index (χ3v) is 3.80. The van der Waals surface area contributed by atoms with E-state index in [4.69, 9.17) is 16.3 Å². The van der Waals surface area contributed by atoms with Gasteiger partial charge in [0.15, 0.2) is 5.78 Å². The molecule has 0 unspecified atom stereocenters. The summed E-state index contributed by atoms with van der Waals surface area (Å²) in [6.07, 6.45) is 0. The summed E-state index contributed by atoms with van der Waals surface area (Å²) < 4.78 is 5.81. The summed E-state index contributed by atoms with van der Waals surface area (Å²) in [5.41, 5.74) is 0.293. The largest absolute Gasteiger partial charge is 0.456 e. The molecule has 0 fully saturated rings. The van der Waals surface area contributed by atoms with Crippen molar-refractivity contribution in [1.82, 2.24) is 0 Å². The third-order valence-electron chi connectivity index (χ3n) is 2.69. The van der Waals surface area contributed by atoms with Gasteiger partial charge >= 0.3 is 0 Å². The van der Waals surface area contributed by atoms with Gasteiger partial charge in [-0.3, -0.25) is 14.9 Å². The van der Waals surface area contributed by atoms with Gasteiger partial charge in [-0.05, 0) is 41.1 Å². The van der Waals surface area contributed by atoms with Gasteiger partial charge in [-0.15, -0.1) is 0 Å². The van der Waals surface area contributed by atoms with Gasteiger partial charge in [0.2, 0.25) is 0 Å². The van der Waals surface area contributed by atoms with Gasteiger partial charge in [0, 0.05) is 17.7 Å². The Morgan fingerprint density at radius 1 is 1.33 bits per heavy atom. The maximum atomic E-state index is 11.3. The van der Waals surface area contributed by atoms with Crippen LogP contribution in [0.5, 0.6) is 11.5 Å². The molecule has 21 heavy (non-hydrogen) atoms. The number of nitro benzene ring substituents is 1. The first-order chi connectivity index (χ1) is 9.90. The first-order valence-electron chi connectivity index (χ1n) is 5.81. The van der Waals surface area contributed by atoms with Crippen molar-refractivity contribution in [1.29, 1.82) is 0 Å². The first kappa shape index (κ1) is 15.5. The van der Waals surface area contributed by atoms with Gasteiger partial charge in [0.1, 0.15) is 16.0 Å². The van der Waals surface area contributed by atoms with Crippen LogP contribution in [-0.4, -0.2) is 10.7 Å². The summed E-state index contributed by atoms with van der Waals surface area (Å²) in [6, 6.07) is 9.08. The molecule has 5 nitrogen and oxygen atoms in total. The summed E-state index contributed by atoms with van der Waals surface area (Å²) in [4.78, 5) is 21.7. The van der Waals surface area contributed by atoms with Gasteiger partial charge in [-0.25, -0.2) is 0 Å². The Hall–Kier alpha value is -1.92. The van der Waals surface area contributed by atoms with E-state index >= 15 is 0 Å². The zero-order valence-corrected chi connectivity index (χ0v) is 13.1. The lowest BCUT2D eigenvalue weighted by atomic mass is 10.1. The molecule has 0 spiro atoms. The number of ketones is 1. The minimum absolute atomic E-state index is 0.0982. The Balaban J connectivity index is 2.35. The molecule has 0 amide bonds. The Bertz CT molecular complexity index is 733. The predicted octanol–water partition coefficient (Wildman–Crippen LogP) is 5.01. The standard InChI is InChI=1S/C14H9BrClNO4/c1-8(18)10-6-5-9(7-11(10)16)21-13-4-2-3-12(14(13)15)17(19)20/h2-7H,1H3. The van der Waals surface area contributed by atoms with Crippen molar-refractivity contribution in [2.75, 3.05) is 0 Å². The monoisotopic (exact) mass is 369 g/mol. The van der Waals surface area contributed by atoms with Crippen LogP contribution in [0.3, 0.4) is 0 Å². The molecule has 0 aliphatic carbocycles. The number of carbonyl (C=O) groups is 1. The van der Waals surface area contributed by atoms with Gasteiger partial charge in [-0.1, -0.05) is 17.7 Å². The van der Waals surface area contributed by atoms with E-state index in [-0.39, 0.29) is 26.7 Å². The number of hydrogen-bond donors (Lipinski definition) is 0. The fourth-order valence-corrected chi connectivity index (χ4v) is 2.48. The number of ether oxygens (including phenoxy) is 1. The molecule has 0 bridgehead atoms. The van der Waals surface area contributed by atoms with E-state index in [1.165, 1.54) is 25.1 Å². The maximum Gasteiger partial charge on any atom is 0.287 e. The molecule has 0 aliphatic rings. The minimum Gasteiger partial charge on any atom is -0.456 e. The van der Waals surface area contributed by atoms with Crippen molar-refractivity contribution >= 4 is 39.0 Å². The molecule has 2 rings (SSSR count). The highest BCUT2D eigenvalue weighted by Gasteiger charge is 2.17. The Morgan fingerprint density at radius 2 is 2.05 bits per heavy atom. The third kappa shape index (κ3) is 3.40. The summed E-state index contributed by atoms with van der Waals surface area (Å²) in [6.45, 7) is 1.42. The van der Waals surface area contributed by atoms with E-state index in [0.29, 0.717) is 11.3 Å². The lowest BCUT2D eigenvalue weighted by molar-refractivity contribution is -0.385. The summed E-state index contributed by atoms with van der Waals surface area (Å²) in [5, 5.41) is 11.1. The Kier molecular flexibility index (Phi) is 4.59. The van der Waals surface area contributed by atoms with Crippen molar-refractivity contribution in [3.8, 4) is 11.5 Å². The SMILES string of the molecule is CC(=O)c1ccc(Oc2cccc([N+](=O)[O-])c2Br)cc1Cl. The molecule has 2 aromatic carbocycles. The van der Waals surface area contributed by atoms with Gasteiger partial charge in [-0.2, -0.15) is 0 Å². The summed E-state index contributed by atoms with van der Waals surface area (Å²) in [5.74, 6) is 0.519. The number of Topliss-reactive ketones (excluding diaryl/α,β-unsaturated/α-hetero) is 1. The molecule has 0 aromatic heterocycles. The van der Waals surface area contributed by atoms with Crippen molar-refractivity contribution in [2.45, 2.75) is 6.92 Å². The number of nitro groups is 1. The number of benzene rings is 2. The second kappa shape index (κ2) is 6.24. The van der Waals surface area contributed by atoms with Crippen LogP contribution in [0, 0.1) is 10.1 Å². The molecule has 0 atom stereocenters. The molecule has 0 radical (unpaired) electrons. The average molecular weight is 371 g/mol. The summed E-state index contributed by atoms with van der Waals surface area (Å²) >= 11 is 9.13. The lowest BCUT2D eigenvalue weighted by Crippen LogP contribution is -1.95. The highest BCUT2D eigenvalue weighted by Crippen LogP contribution is 2.37. The zero-order chi connectivity index (χ0) is 15.6. The highest BCUT2D eigenvalue weighted by atomic mass is 79.9. The van der Waals surface area contributed by atoms with E-state index in [1.54, 1.807) is 18.2 Å². The van der Waals surface area contributed by atoms with Gasteiger partial charge < -0.3 is 4.74 Å². The topological polar surface area (TPSA) is 69.4 Å². The number of nitrogens with zero attached hydrogens (tertiary/aromatic N) is 1. The van der Waals surface area contributed by atoms with E-state index in [1.807, 2.05) is 0 Å². The highest BCUT2D eigenvalue weighted by molar-refractivity contribution is 9.10. The lowest BCUT2D eigenvalue weighted by Gasteiger charge is -2.09. The second-order valence-corrected chi connectivity index (χ2v) is 5.35. The fourth-order valence-electron chi connectivity index (χ4n) is 1.69. The molecule has 0 heterocycles. The van der Waals surface area contributed by atoms with Crippen LogP contribution in [-0.2, 0) is 0 Å². The maximum absolute atomic E-state index is 11.3. The van der Waals surface area contributed by atoms with Crippen LogP contribution in [0.1, 0.15) is 17.3 Å². The quantitative estimate of drug-likeness (QED) is 0.431. The van der Waals surface area contributed by atoms with Crippen LogP contribution < -0.4 is 4.74 Å². The molecule has 0 N–H and O–H groups in total. The Morgan fingerprint density at radius 3 is 2.62 bits per heavy atom. The van der Waals surface area contributed by atoms with Crippen molar-refractivity contribution in [3.05, 3.63) is 61.6 Å². The molecule has 0 aliphatic heterocycles. The number of carbonyl (C=O) groups excluding carboxylic acids is 1. The van der Waals surface area contributed by atoms with Crippen molar-refractivity contribution in [2.24, 2.45) is 0 Å². The van der Waals surface area contributed by atoms with Crippen LogP contribution in [0.25, 0.3) is 0 Å². The smallest absolute Gasteiger partial charge is 0.287 e. The normalized spacial score (nSPS) is 10.2. The van der Waals surface area contributed by atoms with Gasteiger partial charge in [0.25, 0.3) is 5.69 Å². The molecule has 108 valence electrons. The minimum atomic E-state index is -0.511. The average Bonchev–Trinajstić information content (AvgIpc) is 2.40. The summed E-state index contributed by atoms with van der Waals surface area (Å²) in [7, 11) is 0. The van der Waals surface area contributed by atoms with Crippen molar-refractivity contribution < 1.29 is 14.5 Å². The fraction of sp³-hybridized carbons (Fsp3) is 0.0714. The zero-order valence-electron chi connectivity index (χ0n) is 10.8. The van der Waals surface area contributed by atoms with Crippen LogP contribution in [0.4, 0.5) is 5.69 Å². The number of halogens is 2. The first-order valence-corrected chi connectivity index (χ1v) is 6.98. The second-order valence-electron chi connectivity index (χ2n) is 4.15. The van der Waals surface area contributed by atoms with E-state index in [2.05, 4.69) is 15.9 Å². The van der Waals surface area contributed by atoms with Gasteiger partial charge in [0.05, 0.1) is 9.95 Å². The van der Waals surface area contributed by atoms with E-state index in [9.17, 15) is 14.9 Å². The number of hydrogen-bond acceptors (Lipinski definition) is 4. The number of rotatable bonds is 4. The van der Waals surface area contributed by atoms with E-state index < -0.39 is 4.92 Å². The molecule has 7 heteroatoms. The van der Waals surface area contributed by atoms with Crippen LogP contribution in [0.2, 0.25) is 5.02 Å². The molecule has 0 saturated heterocycles. The van der Waals surface area contributed by atoms with Crippen molar-refractivity contribution in [3.63, 3.8) is 0 Å².